The third-order valence-corrected chi connectivity index (χ3v) is 11.6. The van der Waals surface area contributed by atoms with Crippen LogP contribution in [0.15, 0.2) is 193 Å². The highest BCUT2D eigenvalue weighted by atomic mass is 14.4. The lowest BCUT2D eigenvalue weighted by Crippen LogP contribution is -2.24. The first-order valence-corrected chi connectivity index (χ1v) is 19.3. The molecule has 0 nitrogen and oxygen atoms in total. The number of hydrogen-bond donors (Lipinski definition) is 0. The van der Waals surface area contributed by atoms with E-state index in [1.165, 1.54) is 77.6 Å². The van der Waals surface area contributed by atoms with Gasteiger partial charge in [0, 0.05) is 10.8 Å². The minimum atomic E-state index is -0.109. The molecule has 0 N–H and O–H groups in total. The topological polar surface area (TPSA) is 0 Å². The first-order valence-electron chi connectivity index (χ1n) is 19.3. The molecule has 0 heterocycles. The minimum Gasteiger partial charge on any atom is -0.0732 e. The van der Waals surface area contributed by atoms with Crippen LogP contribution in [-0.4, -0.2) is 0 Å². The minimum absolute atomic E-state index is 0.109. The van der Waals surface area contributed by atoms with Crippen LogP contribution in [0.5, 0.6) is 0 Å². The number of allylic oxidation sites excluding steroid dienone is 10. The average Bonchev–Trinajstić information content (AvgIpc) is 3.20. The summed E-state index contributed by atoms with van der Waals surface area (Å²) in [6.45, 7) is 9.25. The Kier molecular flexibility index (Phi) is 9.61. The molecule has 2 aliphatic rings. The summed E-state index contributed by atoms with van der Waals surface area (Å²) in [7, 11) is 0. The van der Waals surface area contributed by atoms with E-state index in [1.807, 2.05) is 0 Å². The fourth-order valence-electron chi connectivity index (χ4n) is 8.76. The number of rotatable bonds is 8. The maximum absolute atomic E-state index is 2.44. The second kappa shape index (κ2) is 14.8. The van der Waals surface area contributed by atoms with Crippen molar-refractivity contribution in [1.29, 1.82) is 0 Å². The van der Waals surface area contributed by atoms with Crippen LogP contribution in [0, 0.1) is 13.8 Å². The number of fused-ring (bicyclic) bond motifs is 1. The summed E-state index contributed by atoms with van der Waals surface area (Å²) in [5.41, 5.74) is 15.5. The molecule has 0 saturated carbocycles. The van der Waals surface area contributed by atoms with Gasteiger partial charge in [-0.05, 0) is 104 Å². The molecule has 2 unspecified atom stereocenters. The van der Waals surface area contributed by atoms with Crippen molar-refractivity contribution in [3.8, 4) is 0 Å². The molecule has 6 aromatic carbocycles. The lowest BCUT2D eigenvalue weighted by Gasteiger charge is -2.34. The zero-order valence-corrected chi connectivity index (χ0v) is 31.9. The molecule has 0 bridgehead atoms. The van der Waals surface area contributed by atoms with Gasteiger partial charge in [-0.15, -0.1) is 0 Å². The Hall–Kier alpha value is -5.98. The van der Waals surface area contributed by atoms with Crippen molar-refractivity contribution in [2.75, 3.05) is 0 Å². The zero-order valence-electron chi connectivity index (χ0n) is 31.9. The summed E-state index contributed by atoms with van der Waals surface area (Å²) in [6, 6.07) is 52.8. The van der Waals surface area contributed by atoms with E-state index in [-0.39, 0.29) is 10.8 Å². The van der Waals surface area contributed by atoms with E-state index < -0.39 is 0 Å². The van der Waals surface area contributed by atoms with Gasteiger partial charge in [0.2, 0.25) is 0 Å². The molecule has 0 amide bonds. The Balaban J connectivity index is 1.27. The smallest absolute Gasteiger partial charge is 0.0150 e. The van der Waals surface area contributed by atoms with Gasteiger partial charge in [0.15, 0.2) is 0 Å². The van der Waals surface area contributed by atoms with Crippen LogP contribution in [0.2, 0.25) is 0 Å². The van der Waals surface area contributed by atoms with Crippen LogP contribution in [0.4, 0.5) is 0 Å². The van der Waals surface area contributed by atoms with Crippen molar-refractivity contribution in [2.24, 2.45) is 0 Å². The zero-order chi connectivity index (χ0) is 37.1. The Morgan fingerprint density at radius 2 is 0.778 bits per heavy atom. The quantitative estimate of drug-likeness (QED) is 0.149. The van der Waals surface area contributed by atoms with Gasteiger partial charge in [0.25, 0.3) is 0 Å². The lowest BCUT2D eigenvalue weighted by atomic mass is 9.70. The highest BCUT2D eigenvalue weighted by Crippen LogP contribution is 2.46. The monoisotopic (exact) mass is 696 g/mol. The van der Waals surface area contributed by atoms with Crippen LogP contribution in [0.25, 0.3) is 34.1 Å². The number of aryl methyl sites for hydroxylation is 2. The summed E-state index contributed by atoms with van der Waals surface area (Å²) >= 11 is 0. The molecule has 0 radical (unpaired) electrons. The van der Waals surface area contributed by atoms with Crippen molar-refractivity contribution in [2.45, 2.75) is 51.4 Å². The molecule has 2 aliphatic carbocycles. The van der Waals surface area contributed by atoms with Gasteiger partial charge >= 0.3 is 0 Å². The molecule has 54 heavy (non-hydrogen) atoms. The van der Waals surface area contributed by atoms with Crippen LogP contribution in [-0.2, 0) is 10.8 Å². The first-order chi connectivity index (χ1) is 26.3. The van der Waals surface area contributed by atoms with E-state index in [0.717, 1.165) is 12.8 Å². The first kappa shape index (κ1) is 35.1. The molecule has 2 atom stereocenters. The second-order valence-electron chi connectivity index (χ2n) is 15.6. The van der Waals surface area contributed by atoms with Crippen molar-refractivity contribution in [3.63, 3.8) is 0 Å². The Morgan fingerprint density at radius 1 is 0.407 bits per heavy atom. The lowest BCUT2D eigenvalue weighted by molar-refractivity contribution is 0.585. The highest BCUT2D eigenvalue weighted by Gasteiger charge is 2.32. The molecular formula is C54H48. The molecule has 0 aliphatic heterocycles. The van der Waals surface area contributed by atoms with Gasteiger partial charge in [0.05, 0.1) is 0 Å². The van der Waals surface area contributed by atoms with E-state index in [4.69, 9.17) is 0 Å². The summed E-state index contributed by atoms with van der Waals surface area (Å²) in [5, 5.41) is 2.55. The number of hydrogen-bond acceptors (Lipinski definition) is 0. The van der Waals surface area contributed by atoms with Crippen molar-refractivity contribution in [3.05, 3.63) is 238 Å². The van der Waals surface area contributed by atoms with E-state index in [9.17, 15) is 0 Å². The number of benzene rings is 6. The third-order valence-electron chi connectivity index (χ3n) is 11.6. The highest BCUT2D eigenvalue weighted by molar-refractivity contribution is 6.05. The summed E-state index contributed by atoms with van der Waals surface area (Å²) in [4.78, 5) is 0. The molecule has 0 aromatic heterocycles. The fraction of sp³-hybridized carbons (Fsp3) is 0.148. The SMILES string of the molecule is Cc1ccccc1C1(C)C=CC(c2ccc(C3=C(C=Cc4ccccc4)CC(C)(c4ccccc4C)C=C3)c3ccccc23)=C(C=Cc2ccccc2)C1. The Labute approximate surface area is 321 Å². The van der Waals surface area contributed by atoms with Gasteiger partial charge in [-0.25, -0.2) is 0 Å². The van der Waals surface area contributed by atoms with Crippen molar-refractivity contribution in [1.82, 2.24) is 0 Å². The molecule has 0 spiro atoms. The fourth-order valence-corrected chi connectivity index (χ4v) is 8.76. The van der Waals surface area contributed by atoms with Crippen LogP contribution < -0.4 is 0 Å². The maximum atomic E-state index is 2.44. The average molecular weight is 697 g/mol. The third kappa shape index (κ3) is 6.93. The van der Waals surface area contributed by atoms with Gasteiger partial charge < -0.3 is 0 Å². The van der Waals surface area contributed by atoms with E-state index in [2.05, 4.69) is 222 Å². The Bertz CT molecular complexity index is 2340. The van der Waals surface area contributed by atoms with Crippen LogP contribution >= 0.6 is 0 Å². The van der Waals surface area contributed by atoms with Gasteiger partial charge in [-0.2, -0.15) is 0 Å². The molecule has 0 saturated heterocycles. The normalized spacial score (nSPS) is 20.1. The van der Waals surface area contributed by atoms with E-state index >= 15 is 0 Å². The van der Waals surface area contributed by atoms with Gasteiger partial charge in [0.1, 0.15) is 0 Å². The van der Waals surface area contributed by atoms with Crippen molar-refractivity contribution < 1.29 is 0 Å². The van der Waals surface area contributed by atoms with Crippen LogP contribution in [0.1, 0.15) is 71.2 Å². The Morgan fingerprint density at radius 3 is 1.19 bits per heavy atom. The largest absolute Gasteiger partial charge is 0.0732 e. The molecule has 8 rings (SSSR count). The second-order valence-corrected chi connectivity index (χ2v) is 15.6. The van der Waals surface area contributed by atoms with Gasteiger partial charge in [-0.1, -0.05) is 208 Å². The summed E-state index contributed by atoms with van der Waals surface area (Å²) < 4.78 is 0. The molecule has 0 fully saturated rings. The van der Waals surface area contributed by atoms with E-state index in [1.54, 1.807) is 0 Å². The maximum Gasteiger partial charge on any atom is 0.0150 e. The standard InChI is InChI=1S/C54H48/c1-39-17-11-15-25-51(39)53(3)35-33-45(43(37-53)29-27-41-19-7-5-8-20-41)49-31-32-50(48-24-14-13-23-47(48)49)46-34-36-54(4,52-26-16-12-18-40(52)2)38-44(46)30-28-42-21-9-6-10-22-42/h5-36H,37-38H2,1-4H3. The predicted octanol–water partition coefficient (Wildman–Crippen LogP) is 14.2. The molecule has 264 valence electrons. The molecule has 6 aromatic rings. The summed E-state index contributed by atoms with van der Waals surface area (Å²) in [6.07, 6.45) is 20.8. The molecule has 0 heteroatoms. The van der Waals surface area contributed by atoms with Crippen molar-refractivity contribution >= 4 is 34.1 Å². The van der Waals surface area contributed by atoms with E-state index in [0.29, 0.717) is 0 Å². The predicted molar refractivity (Wildman–Crippen MR) is 233 cm³/mol. The summed E-state index contributed by atoms with van der Waals surface area (Å²) in [5.74, 6) is 0. The van der Waals surface area contributed by atoms with Crippen LogP contribution in [0.3, 0.4) is 0 Å². The van der Waals surface area contributed by atoms with Gasteiger partial charge in [-0.3, -0.25) is 0 Å². The molecular weight excluding hydrogens is 649 g/mol.